The predicted octanol–water partition coefficient (Wildman–Crippen LogP) is 2.27. The molecule has 0 aromatic heterocycles. The highest BCUT2D eigenvalue weighted by Gasteiger charge is 2.35. The number of methoxy groups -OCH3 is 1. The summed E-state index contributed by atoms with van der Waals surface area (Å²) in [5.74, 6) is -0.955. The van der Waals surface area contributed by atoms with E-state index in [9.17, 15) is 9.50 Å². The van der Waals surface area contributed by atoms with Gasteiger partial charge in [0.1, 0.15) is 0 Å². The van der Waals surface area contributed by atoms with E-state index in [1.165, 1.54) is 7.11 Å². The normalized spacial score (nSPS) is 18.7. The second kappa shape index (κ2) is 3.94. The van der Waals surface area contributed by atoms with Crippen molar-refractivity contribution in [2.45, 2.75) is 31.2 Å². The van der Waals surface area contributed by atoms with Crippen LogP contribution in [0, 0.1) is 5.82 Å². The first-order valence-electron chi connectivity index (χ1n) is 5.43. The van der Waals surface area contributed by atoms with Gasteiger partial charge in [-0.1, -0.05) is 18.9 Å². The third-order valence-corrected chi connectivity index (χ3v) is 3.33. The van der Waals surface area contributed by atoms with E-state index < -0.39 is 17.1 Å². The Morgan fingerprint density at radius 2 is 2.00 bits per heavy atom. The topological polar surface area (TPSA) is 55.5 Å². The molecule has 0 spiro atoms. The molecule has 1 aromatic carbocycles. The molecule has 1 aliphatic carbocycles. The number of aromatic hydroxyl groups is 1. The third kappa shape index (κ3) is 1.63. The fraction of sp³-hybridized carbons (Fsp3) is 0.500. The maximum Gasteiger partial charge on any atom is 0.194 e. The maximum absolute atomic E-state index is 13.9. The maximum atomic E-state index is 13.9. The Labute approximate surface area is 94.0 Å². The molecule has 1 saturated carbocycles. The molecule has 1 fully saturated rings. The molecule has 0 unspecified atom stereocenters. The van der Waals surface area contributed by atoms with Gasteiger partial charge in [-0.25, -0.2) is 4.39 Å². The number of ether oxygens (including phenoxy) is 1. The number of hydrogen-bond donors (Lipinski definition) is 2. The van der Waals surface area contributed by atoms with Gasteiger partial charge in [0, 0.05) is 11.1 Å². The van der Waals surface area contributed by atoms with Crippen LogP contribution >= 0.6 is 0 Å². The molecule has 4 heteroatoms. The van der Waals surface area contributed by atoms with Crippen LogP contribution in [-0.4, -0.2) is 12.2 Å². The standard InChI is InChI=1S/C12H16FNO2/c1-16-9-5-4-8(10(13)11(9)15)12(14)6-2-3-7-12/h4-5,15H,2-3,6-7,14H2,1H3. The number of benzene rings is 1. The van der Waals surface area contributed by atoms with Crippen molar-refractivity contribution in [3.63, 3.8) is 0 Å². The summed E-state index contributed by atoms with van der Waals surface area (Å²) < 4.78 is 18.8. The summed E-state index contributed by atoms with van der Waals surface area (Å²) in [6.45, 7) is 0. The lowest BCUT2D eigenvalue weighted by molar-refractivity contribution is 0.346. The third-order valence-electron chi connectivity index (χ3n) is 3.33. The molecular formula is C12H16FNO2. The Morgan fingerprint density at radius 1 is 1.38 bits per heavy atom. The predicted molar refractivity (Wildman–Crippen MR) is 59.0 cm³/mol. The first-order chi connectivity index (χ1) is 7.58. The van der Waals surface area contributed by atoms with Crippen LogP contribution in [0.2, 0.25) is 0 Å². The highest BCUT2D eigenvalue weighted by atomic mass is 19.1. The first-order valence-corrected chi connectivity index (χ1v) is 5.43. The smallest absolute Gasteiger partial charge is 0.194 e. The van der Waals surface area contributed by atoms with Crippen LogP contribution in [0.25, 0.3) is 0 Å². The van der Waals surface area contributed by atoms with E-state index in [1.807, 2.05) is 0 Å². The van der Waals surface area contributed by atoms with Crippen LogP contribution in [0.5, 0.6) is 11.5 Å². The molecular weight excluding hydrogens is 209 g/mol. The summed E-state index contributed by atoms with van der Waals surface area (Å²) in [5, 5.41) is 9.60. The van der Waals surface area contributed by atoms with E-state index in [0.29, 0.717) is 5.56 Å². The summed E-state index contributed by atoms with van der Waals surface area (Å²) in [6, 6.07) is 3.17. The Balaban J connectivity index is 2.46. The van der Waals surface area contributed by atoms with E-state index in [0.717, 1.165) is 25.7 Å². The SMILES string of the molecule is COc1ccc(C2(N)CCCC2)c(F)c1O. The molecule has 0 amide bonds. The molecule has 3 N–H and O–H groups in total. The lowest BCUT2D eigenvalue weighted by Gasteiger charge is -2.25. The molecule has 0 atom stereocenters. The van der Waals surface area contributed by atoms with Crippen molar-refractivity contribution in [1.29, 1.82) is 0 Å². The molecule has 0 radical (unpaired) electrons. The lowest BCUT2D eigenvalue weighted by atomic mass is 9.88. The van der Waals surface area contributed by atoms with Gasteiger partial charge in [0.15, 0.2) is 17.3 Å². The zero-order valence-electron chi connectivity index (χ0n) is 9.29. The van der Waals surface area contributed by atoms with Crippen LogP contribution in [-0.2, 0) is 5.54 Å². The summed E-state index contributed by atoms with van der Waals surface area (Å²) >= 11 is 0. The fourth-order valence-electron chi connectivity index (χ4n) is 2.37. The first kappa shape index (κ1) is 11.2. The van der Waals surface area contributed by atoms with Crippen molar-refractivity contribution < 1.29 is 14.2 Å². The van der Waals surface area contributed by atoms with Gasteiger partial charge in [-0.05, 0) is 18.9 Å². The van der Waals surface area contributed by atoms with Crippen molar-refractivity contribution in [3.05, 3.63) is 23.5 Å². The monoisotopic (exact) mass is 225 g/mol. The van der Waals surface area contributed by atoms with Gasteiger partial charge in [-0.3, -0.25) is 0 Å². The van der Waals surface area contributed by atoms with E-state index in [2.05, 4.69) is 0 Å². The van der Waals surface area contributed by atoms with Gasteiger partial charge in [-0.2, -0.15) is 0 Å². The molecule has 0 aliphatic heterocycles. The van der Waals surface area contributed by atoms with E-state index >= 15 is 0 Å². The largest absolute Gasteiger partial charge is 0.502 e. The molecule has 1 aliphatic rings. The summed E-state index contributed by atoms with van der Waals surface area (Å²) in [7, 11) is 1.39. The number of halogens is 1. The zero-order chi connectivity index (χ0) is 11.8. The molecule has 16 heavy (non-hydrogen) atoms. The van der Waals surface area contributed by atoms with E-state index in [4.69, 9.17) is 10.5 Å². The minimum absolute atomic E-state index is 0.142. The second-order valence-electron chi connectivity index (χ2n) is 4.34. The van der Waals surface area contributed by atoms with Crippen molar-refractivity contribution in [3.8, 4) is 11.5 Å². The van der Waals surface area contributed by atoms with Crippen LogP contribution in [0.1, 0.15) is 31.2 Å². The number of hydrogen-bond acceptors (Lipinski definition) is 3. The molecule has 1 aromatic rings. The fourth-order valence-corrected chi connectivity index (χ4v) is 2.37. The number of phenolic OH excluding ortho intramolecular Hbond substituents is 1. The van der Waals surface area contributed by atoms with Gasteiger partial charge < -0.3 is 15.6 Å². The van der Waals surface area contributed by atoms with Crippen molar-refractivity contribution in [2.24, 2.45) is 5.73 Å². The minimum Gasteiger partial charge on any atom is -0.502 e. The highest BCUT2D eigenvalue weighted by molar-refractivity contribution is 5.45. The van der Waals surface area contributed by atoms with Gasteiger partial charge >= 0.3 is 0 Å². The minimum atomic E-state index is -0.649. The quantitative estimate of drug-likeness (QED) is 0.811. The van der Waals surface area contributed by atoms with Gasteiger partial charge in [0.05, 0.1) is 7.11 Å². The summed E-state index contributed by atoms with van der Waals surface area (Å²) in [6.07, 6.45) is 3.52. The van der Waals surface area contributed by atoms with Crippen molar-refractivity contribution >= 4 is 0 Å². The van der Waals surface area contributed by atoms with Gasteiger partial charge in [0.2, 0.25) is 0 Å². The van der Waals surface area contributed by atoms with Crippen molar-refractivity contribution in [2.75, 3.05) is 7.11 Å². The van der Waals surface area contributed by atoms with Crippen LogP contribution in [0.15, 0.2) is 12.1 Å². The molecule has 0 heterocycles. The summed E-state index contributed by atoms with van der Waals surface area (Å²) in [4.78, 5) is 0. The van der Waals surface area contributed by atoms with Crippen LogP contribution in [0.4, 0.5) is 4.39 Å². The molecule has 2 rings (SSSR count). The number of nitrogens with two attached hydrogens (primary N) is 1. The lowest BCUT2D eigenvalue weighted by Crippen LogP contribution is -2.34. The summed E-state index contributed by atoms with van der Waals surface area (Å²) in [5.41, 5.74) is 5.91. The molecule has 0 bridgehead atoms. The Kier molecular flexibility index (Phi) is 2.76. The Hall–Kier alpha value is -1.29. The second-order valence-corrected chi connectivity index (χ2v) is 4.34. The molecule has 3 nitrogen and oxygen atoms in total. The average molecular weight is 225 g/mol. The Morgan fingerprint density at radius 3 is 2.56 bits per heavy atom. The molecule has 88 valence electrons. The average Bonchev–Trinajstić information content (AvgIpc) is 2.70. The number of phenols is 1. The van der Waals surface area contributed by atoms with Crippen LogP contribution in [0.3, 0.4) is 0 Å². The van der Waals surface area contributed by atoms with Gasteiger partial charge in [-0.15, -0.1) is 0 Å². The van der Waals surface area contributed by atoms with E-state index in [1.54, 1.807) is 12.1 Å². The highest BCUT2D eigenvalue weighted by Crippen LogP contribution is 2.41. The van der Waals surface area contributed by atoms with Crippen LogP contribution < -0.4 is 10.5 Å². The Bertz CT molecular complexity index is 400. The molecule has 0 saturated heterocycles. The van der Waals surface area contributed by atoms with E-state index in [-0.39, 0.29) is 5.75 Å². The van der Waals surface area contributed by atoms with Crippen molar-refractivity contribution in [1.82, 2.24) is 0 Å². The zero-order valence-corrected chi connectivity index (χ0v) is 9.29. The van der Waals surface area contributed by atoms with Gasteiger partial charge in [0.25, 0.3) is 0 Å². The number of rotatable bonds is 2.